The van der Waals surface area contributed by atoms with Crippen LogP contribution in [0.3, 0.4) is 0 Å². The van der Waals surface area contributed by atoms with Gasteiger partial charge in [0.05, 0.1) is 18.3 Å². The first-order valence-corrected chi connectivity index (χ1v) is 10.5. The van der Waals surface area contributed by atoms with Crippen LogP contribution in [0.5, 0.6) is 23.0 Å². The highest BCUT2D eigenvalue weighted by atomic mass is 32.1. The molecule has 0 saturated carbocycles. The number of para-hydroxylation sites is 1. The average molecular weight is 433 g/mol. The van der Waals surface area contributed by atoms with Crippen molar-refractivity contribution in [3.63, 3.8) is 0 Å². The second-order valence-corrected chi connectivity index (χ2v) is 7.25. The predicted molar refractivity (Wildman–Crippen MR) is 120 cm³/mol. The fourth-order valence-corrected chi connectivity index (χ4v) is 3.40. The Morgan fingerprint density at radius 1 is 0.968 bits per heavy atom. The quantitative estimate of drug-likeness (QED) is 0.382. The minimum Gasteiger partial charge on any atom is -0.493 e. The Kier molecular flexibility index (Phi) is 6.44. The molecule has 156 valence electrons. The number of carbonyl (C=O) groups excluding carboxylic acids is 1. The number of nitrogens with one attached hydrogen (secondary N) is 1. The van der Waals surface area contributed by atoms with Crippen LogP contribution in [0, 0.1) is 0 Å². The summed E-state index contributed by atoms with van der Waals surface area (Å²) in [6, 6.07) is 21.8. The van der Waals surface area contributed by atoms with E-state index in [0.29, 0.717) is 35.1 Å². The zero-order chi connectivity index (χ0) is 21.5. The van der Waals surface area contributed by atoms with E-state index in [1.165, 1.54) is 18.4 Å². The summed E-state index contributed by atoms with van der Waals surface area (Å²) in [7, 11) is 1.54. The number of carbonyl (C=O) groups is 1. The van der Waals surface area contributed by atoms with Crippen LogP contribution in [-0.2, 0) is 6.61 Å². The molecule has 1 amide bonds. The fraction of sp³-hybridized carbons (Fsp3) is 0.0833. The average Bonchev–Trinajstić information content (AvgIpc) is 3.32. The summed E-state index contributed by atoms with van der Waals surface area (Å²) >= 11 is 1.51. The second kappa shape index (κ2) is 9.77. The van der Waals surface area contributed by atoms with E-state index in [1.807, 2.05) is 47.8 Å². The molecule has 0 fully saturated rings. The Hall–Kier alpha value is -3.84. The van der Waals surface area contributed by atoms with Gasteiger partial charge in [-0.15, -0.1) is 11.3 Å². The van der Waals surface area contributed by atoms with Crippen LogP contribution in [0.2, 0.25) is 0 Å². The SMILES string of the molecule is COc1cc(C(=O)Nc2cccc(Oc3ccccc3)c2)ccc1OCc1cscn1. The molecule has 0 atom stereocenters. The Balaban J connectivity index is 1.44. The molecule has 0 saturated heterocycles. The zero-order valence-electron chi connectivity index (χ0n) is 16.8. The minimum atomic E-state index is -0.263. The molecule has 1 aromatic heterocycles. The molecule has 4 aromatic rings. The number of amides is 1. The molecule has 7 heteroatoms. The molecule has 0 unspecified atom stereocenters. The Labute approximate surface area is 184 Å². The van der Waals surface area contributed by atoms with Crippen molar-refractivity contribution in [3.05, 3.63) is 94.9 Å². The summed E-state index contributed by atoms with van der Waals surface area (Å²) in [5, 5.41) is 4.81. The van der Waals surface area contributed by atoms with Crippen LogP contribution in [0.25, 0.3) is 0 Å². The van der Waals surface area contributed by atoms with Gasteiger partial charge in [0.1, 0.15) is 18.1 Å². The number of nitrogens with zero attached hydrogens (tertiary/aromatic N) is 1. The van der Waals surface area contributed by atoms with Gasteiger partial charge >= 0.3 is 0 Å². The van der Waals surface area contributed by atoms with Gasteiger partial charge in [-0.05, 0) is 42.5 Å². The van der Waals surface area contributed by atoms with Crippen LogP contribution >= 0.6 is 11.3 Å². The van der Waals surface area contributed by atoms with Gasteiger partial charge in [0.15, 0.2) is 11.5 Å². The molecule has 1 N–H and O–H groups in total. The number of methoxy groups -OCH3 is 1. The van der Waals surface area contributed by atoms with Crippen molar-refractivity contribution in [2.24, 2.45) is 0 Å². The monoisotopic (exact) mass is 432 g/mol. The van der Waals surface area contributed by atoms with Crippen molar-refractivity contribution in [2.45, 2.75) is 6.61 Å². The first-order chi connectivity index (χ1) is 15.2. The van der Waals surface area contributed by atoms with Gasteiger partial charge < -0.3 is 19.5 Å². The minimum absolute atomic E-state index is 0.263. The number of hydrogen-bond donors (Lipinski definition) is 1. The number of rotatable bonds is 8. The van der Waals surface area contributed by atoms with Crippen LogP contribution in [0.4, 0.5) is 5.69 Å². The summed E-state index contributed by atoms with van der Waals surface area (Å²) < 4.78 is 17.0. The van der Waals surface area contributed by atoms with E-state index in [-0.39, 0.29) is 5.91 Å². The maximum Gasteiger partial charge on any atom is 0.255 e. The highest BCUT2D eigenvalue weighted by molar-refractivity contribution is 7.07. The maximum absolute atomic E-state index is 12.8. The van der Waals surface area contributed by atoms with Crippen molar-refractivity contribution in [1.82, 2.24) is 4.98 Å². The third kappa shape index (κ3) is 5.40. The Morgan fingerprint density at radius 2 is 1.81 bits per heavy atom. The first kappa shape index (κ1) is 20.4. The lowest BCUT2D eigenvalue weighted by atomic mass is 10.1. The molecule has 0 aliphatic rings. The smallest absolute Gasteiger partial charge is 0.255 e. The highest BCUT2D eigenvalue weighted by Gasteiger charge is 2.12. The fourth-order valence-electron chi connectivity index (χ4n) is 2.85. The summed E-state index contributed by atoms with van der Waals surface area (Å²) in [5.74, 6) is 2.12. The van der Waals surface area contributed by atoms with E-state index in [4.69, 9.17) is 14.2 Å². The third-order valence-electron chi connectivity index (χ3n) is 4.36. The molecule has 0 aliphatic carbocycles. The lowest BCUT2D eigenvalue weighted by Gasteiger charge is -2.12. The molecule has 1 heterocycles. The van der Waals surface area contributed by atoms with Crippen molar-refractivity contribution in [1.29, 1.82) is 0 Å². The van der Waals surface area contributed by atoms with E-state index in [1.54, 1.807) is 35.8 Å². The number of thiazole rings is 1. The molecule has 31 heavy (non-hydrogen) atoms. The molecule has 0 spiro atoms. The van der Waals surface area contributed by atoms with Gasteiger partial charge in [0.25, 0.3) is 5.91 Å². The van der Waals surface area contributed by atoms with Gasteiger partial charge in [0.2, 0.25) is 0 Å². The molecule has 0 bridgehead atoms. The number of ether oxygens (including phenoxy) is 3. The van der Waals surface area contributed by atoms with Crippen molar-refractivity contribution in [3.8, 4) is 23.0 Å². The van der Waals surface area contributed by atoms with E-state index in [9.17, 15) is 4.79 Å². The summed E-state index contributed by atoms with van der Waals surface area (Å²) in [4.78, 5) is 16.9. The van der Waals surface area contributed by atoms with E-state index in [0.717, 1.165) is 11.4 Å². The second-order valence-electron chi connectivity index (χ2n) is 6.53. The van der Waals surface area contributed by atoms with Crippen molar-refractivity contribution < 1.29 is 19.0 Å². The summed E-state index contributed by atoms with van der Waals surface area (Å²) in [6.07, 6.45) is 0. The van der Waals surface area contributed by atoms with Gasteiger partial charge in [0, 0.05) is 22.7 Å². The van der Waals surface area contributed by atoms with E-state index < -0.39 is 0 Å². The molecular weight excluding hydrogens is 412 g/mol. The summed E-state index contributed by atoms with van der Waals surface area (Å²) in [5.41, 5.74) is 3.67. The molecule has 0 aliphatic heterocycles. The zero-order valence-corrected chi connectivity index (χ0v) is 17.6. The van der Waals surface area contributed by atoms with Gasteiger partial charge in [-0.25, -0.2) is 4.98 Å². The lowest BCUT2D eigenvalue weighted by molar-refractivity contribution is 0.102. The standard InChI is InChI=1S/C24H20N2O4S/c1-28-23-12-17(10-11-22(23)29-14-19-15-31-16-25-19)24(27)26-18-6-5-9-21(13-18)30-20-7-3-2-4-8-20/h2-13,15-16H,14H2,1H3,(H,26,27). The number of hydrogen-bond acceptors (Lipinski definition) is 6. The molecule has 4 rings (SSSR count). The highest BCUT2D eigenvalue weighted by Crippen LogP contribution is 2.30. The van der Waals surface area contributed by atoms with Crippen LogP contribution in [-0.4, -0.2) is 18.0 Å². The van der Waals surface area contributed by atoms with Crippen LogP contribution in [0.15, 0.2) is 83.7 Å². The van der Waals surface area contributed by atoms with Crippen molar-refractivity contribution in [2.75, 3.05) is 12.4 Å². The molecular formula is C24H20N2O4S. The molecule has 6 nitrogen and oxygen atoms in total. The predicted octanol–water partition coefficient (Wildman–Crippen LogP) is 5.78. The Bertz CT molecular complexity index is 1150. The normalized spacial score (nSPS) is 10.4. The van der Waals surface area contributed by atoms with E-state index in [2.05, 4.69) is 10.3 Å². The largest absolute Gasteiger partial charge is 0.493 e. The first-order valence-electron chi connectivity index (χ1n) is 9.53. The van der Waals surface area contributed by atoms with Gasteiger partial charge in [-0.2, -0.15) is 0 Å². The van der Waals surface area contributed by atoms with Gasteiger partial charge in [-0.3, -0.25) is 4.79 Å². The third-order valence-corrected chi connectivity index (χ3v) is 4.99. The molecule has 3 aromatic carbocycles. The van der Waals surface area contributed by atoms with Crippen LogP contribution < -0.4 is 19.5 Å². The maximum atomic E-state index is 12.8. The topological polar surface area (TPSA) is 69.7 Å². The number of anilines is 1. The number of benzene rings is 3. The Morgan fingerprint density at radius 3 is 2.58 bits per heavy atom. The van der Waals surface area contributed by atoms with Crippen molar-refractivity contribution >= 4 is 22.9 Å². The van der Waals surface area contributed by atoms with Gasteiger partial charge in [-0.1, -0.05) is 24.3 Å². The molecule has 0 radical (unpaired) electrons. The van der Waals surface area contributed by atoms with Crippen LogP contribution in [0.1, 0.15) is 16.1 Å². The summed E-state index contributed by atoms with van der Waals surface area (Å²) in [6.45, 7) is 0.333. The van der Waals surface area contributed by atoms with E-state index >= 15 is 0 Å². The lowest BCUT2D eigenvalue weighted by Crippen LogP contribution is -2.12. The number of aromatic nitrogens is 1.